The molecule has 7 nitrogen and oxygen atoms in total. The standard InChI is InChI=1S/C36H47N5O2/c1-2-31(27-15-17-28(18-16-27)35(42)43)38-36-39-32-20-19-29(25-11-5-3-6-12-25)23-30(32)34(40-36)37-33(24-41-21-9-10-22-41)26-13-7-4-8-14-26/h3-8,11-14,27-29,31,33H,2,9-10,15-24H2,1H3,(H,42,43)(H2,37,38,39,40)/t27?,28?,29-,31-,33+/m1/s1. The van der Waals surface area contributed by atoms with Gasteiger partial charge in [0.15, 0.2) is 0 Å². The number of aromatic nitrogens is 2. The summed E-state index contributed by atoms with van der Waals surface area (Å²) in [4.78, 5) is 24.5. The Morgan fingerprint density at radius 1 is 0.930 bits per heavy atom. The second-order valence-electron chi connectivity index (χ2n) is 12.9. The number of aliphatic carboxylic acids is 1. The molecule has 3 aromatic rings. The van der Waals surface area contributed by atoms with Crippen LogP contribution in [0.15, 0.2) is 60.7 Å². The maximum absolute atomic E-state index is 11.5. The van der Waals surface area contributed by atoms with E-state index in [0.717, 1.165) is 82.5 Å². The molecule has 2 heterocycles. The van der Waals surface area contributed by atoms with Crippen LogP contribution in [0.1, 0.15) is 92.6 Å². The minimum absolute atomic E-state index is 0.136. The van der Waals surface area contributed by atoms with Crippen molar-refractivity contribution in [1.29, 1.82) is 0 Å². The number of carboxylic acids is 1. The Balaban J connectivity index is 1.30. The molecule has 0 radical (unpaired) electrons. The van der Waals surface area contributed by atoms with E-state index in [1.54, 1.807) is 0 Å². The van der Waals surface area contributed by atoms with Gasteiger partial charge in [-0.3, -0.25) is 4.79 Å². The summed E-state index contributed by atoms with van der Waals surface area (Å²) in [6.07, 6.45) is 9.83. The number of aryl methyl sites for hydroxylation is 1. The van der Waals surface area contributed by atoms with Crippen molar-refractivity contribution in [1.82, 2.24) is 14.9 Å². The Labute approximate surface area is 256 Å². The molecule has 3 atom stereocenters. The highest BCUT2D eigenvalue weighted by atomic mass is 16.4. The molecule has 1 saturated carbocycles. The molecule has 1 aliphatic heterocycles. The summed E-state index contributed by atoms with van der Waals surface area (Å²) in [5, 5.41) is 17.2. The zero-order valence-corrected chi connectivity index (χ0v) is 25.5. The molecule has 7 heteroatoms. The van der Waals surface area contributed by atoms with Crippen LogP contribution < -0.4 is 10.6 Å². The Morgan fingerprint density at radius 3 is 2.30 bits per heavy atom. The van der Waals surface area contributed by atoms with Gasteiger partial charge in [0.05, 0.1) is 17.7 Å². The third-order valence-corrected chi connectivity index (χ3v) is 10.1. The lowest BCUT2D eigenvalue weighted by Crippen LogP contribution is -2.34. The van der Waals surface area contributed by atoms with E-state index < -0.39 is 5.97 Å². The maximum atomic E-state index is 11.5. The predicted molar refractivity (Wildman–Crippen MR) is 173 cm³/mol. The van der Waals surface area contributed by atoms with Crippen LogP contribution in [-0.2, 0) is 17.6 Å². The van der Waals surface area contributed by atoms with Gasteiger partial charge in [0, 0.05) is 18.2 Å². The largest absolute Gasteiger partial charge is 0.481 e. The normalized spacial score (nSPS) is 23.7. The average Bonchev–Trinajstić information content (AvgIpc) is 3.57. The van der Waals surface area contributed by atoms with Crippen molar-refractivity contribution in [2.75, 3.05) is 30.3 Å². The van der Waals surface area contributed by atoms with Crippen LogP contribution >= 0.6 is 0 Å². The molecule has 2 aliphatic carbocycles. The number of hydrogen-bond donors (Lipinski definition) is 3. The van der Waals surface area contributed by atoms with E-state index >= 15 is 0 Å². The molecule has 2 aromatic carbocycles. The van der Waals surface area contributed by atoms with Gasteiger partial charge in [0.25, 0.3) is 0 Å². The number of carboxylic acid groups (broad SMARTS) is 1. The maximum Gasteiger partial charge on any atom is 0.306 e. The van der Waals surface area contributed by atoms with Crippen molar-refractivity contribution in [2.24, 2.45) is 11.8 Å². The molecule has 0 amide bonds. The lowest BCUT2D eigenvalue weighted by molar-refractivity contribution is -0.143. The summed E-state index contributed by atoms with van der Waals surface area (Å²) >= 11 is 0. The fourth-order valence-corrected chi connectivity index (χ4v) is 7.60. The van der Waals surface area contributed by atoms with Crippen LogP contribution in [0.5, 0.6) is 0 Å². The van der Waals surface area contributed by atoms with Gasteiger partial charge < -0.3 is 20.6 Å². The molecule has 0 unspecified atom stereocenters. The average molecular weight is 582 g/mol. The summed E-state index contributed by atoms with van der Waals surface area (Å²) < 4.78 is 0. The minimum Gasteiger partial charge on any atom is -0.481 e. The van der Waals surface area contributed by atoms with Crippen LogP contribution in [0.3, 0.4) is 0 Å². The van der Waals surface area contributed by atoms with E-state index in [-0.39, 0.29) is 18.0 Å². The van der Waals surface area contributed by atoms with Crippen molar-refractivity contribution in [3.05, 3.63) is 83.0 Å². The molecule has 43 heavy (non-hydrogen) atoms. The van der Waals surface area contributed by atoms with Gasteiger partial charge in [-0.05, 0) is 100 Å². The van der Waals surface area contributed by atoms with Gasteiger partial charge in [-0.15, -0.1) is 0 Å². The first kappa shape index (κ1) is 29.6. The molecule has 6 rings (SSSR count). The number of carbonyl (C=O) groups is 1. The number of likely N-dealkylation sites (tertiary alicyclic amines) is 1. The summed E-state index contributed by atoms with van der Waals surface area (Å²) in [7, 11) is 0. The van der Waals surface area contributed by atoms with Crippen LogP contribution in [-0.4, -0.2) is 51.6 Å². The summed E-state index contributed by atoms with van der Waals surface area (Å²) in [6, 6.07) is 22.1. The summed E-state index contributed by atoms with van der Waals surface area (Å²) in [6.45, 7) is 5.47. The lowest BCUT2D eigenvalue weighted by atomic mass is 9.78. The van der Waals surface area contributed by atoms with Crippen LogP contribution in [0.2, 0.25) is 0 Å². The highest BCUT2D eigenvalue weighted by Crippen LogP contribution is 2.38. The fraction of sp³-hybridized carbons (Fsp3) is 0.528. The van der Waals surface area contributed by atoms with Gasteiger partial charge in [0.1, 0.15) is 5.82 Å². The van der Waals surface area contributed by atoms with Crippen LogP contribution in [0.25, 0.3) is 0 Å². The van der Waals surface area contributed by atoms with E-state index in [1.807, 2.05) is 0 Å². The van der Waals surface area contributed by atoms with Crippen molar-refractivity contribution in [2.45, 2.75) is 89.1 Å². The van der Waals surface area contributed by atoms with Gasteiger partial charge in [-0.25, -0.2) is 4.98 Å². The van der Waals surface area contributed by atoms with E-state index in [4.69, 9.17) is 9.97 Å². The molecule has 1 saturated heterocycles. The number of rotatable bonds is 11. The lowest BCUT2D eigenvalue weighted by Gasteiger charge is -2.33. The fourth-order valence-electron chi connectivity index (χ4n) is 7.60. The Kier molecular flexibility index (Phi) is 9.57. The Bertz CT molecular complexity index is 1340. The molecule has 3 N–H and O–H groups in total. The Hall–Kier alpha value is -3.45. The van der Waals surface area contributed by atoms with E-state index in [2.05, 4.69) is 83.1 Å². The number of fused-ring (bicyclic) bond motifs is 1. The summed E-state index contributed by atoms with van der Waals surface area (Å²) in [5.41, 5.74) is 5.09. The molecule has 0 bridgehead atoms. The zero-order chi connectivity index (χ0) is 29.6. The first-order chi connectivity index (χ1) is 21.1. The smallest absolute Gasteiger partial charge is 0.306 e. The third-order valence-electron chi connectivity index (χ3n) is 10.1. The predicted octanol–water partition coefficient (Wildman–Crippen LogP) is 7.08. The van der Waals surface area contributed by atoms with Crippen molar-refractivity contribution in [3.63, 3.8) is 0 Å². The van der Waals surface area contributed by atoms with E-state index in [0.29, 0.717) is 17.8 Å². The molecule has 0 spiro atoms. The topological polar surface area (TPSA) is 90.4 Å². The molecule has 228 valence electrons. The Morgan fingerprint density at radius 2 is 1.63 bits per heavy atom. The first-order valence-electron chi connectivity index (χ1n) is 16.5. The van der Waals surface area contributed by atoms with Crippen molar-refractivity contribution >= 4 is 17.7 Å². The highest BCUT2D eigenvalue weighted by Gasteiger charge is 2.32. The van der Waals surface area contributed by atoms with Gasteiger partial charge >= 0.3 is 5.97 Å². The molecule has 1 aromatic heterocycles. The molecule has 2 fully saturated rings. The summed E-state index contributed by atoms with van der Waals surface area (Å²) in [5.74, 6) is 1.71. The molecular formula is C36H47N5O2. The zero-order valence-electron chi connectivity index (χ0n) is 25.5. The van der Waals surface area contributed by atoms with E-state index in [1.165, 1.54) is 29.5 Å². The van der Waals surface area contributed by atoms with Gasteiger partial charge in [-0.2, -0.15) is 4.98 Å². The first-order valence-corrected chi connectivity index (χ1v) is 16.5. The third kappa shape index (κ3) is 7.20. The number of nitrogens with zero attached hydrogens (tertiary/aromatic N) is 3. The highest BCUT2D eigenvalue weighted by molar-refractivity contribution is 5.70. The van der Waals surface area contributed by atoms with Crippen LogP contribution in [0, 0.1) is 11.8 Å². The van der Waals surface area contributed by atoms with Crippen LogP contribution in [0.4, 0.5) is 11.8 Å². The molecule has 3 aliphatic rings. The van der Waals surface area contributed by atoms with Gasteiger partial charge in [0.2, 0.25) is 5.95 Å². The number of nitrogens with one attached hydrogen (secondary N) is 2. The number of benzene rings is 2. The second-order valence-corrected chi connectivity index (χ2v) is 12.9. The number of hydrogen-bond acceptors (Lipinski definition) is 6. The van der Waals surface area contributed by atoms with Gasteiger partial charge in [-0.1, -0.05) is 67.6 Å². The number of anilines is 2. The minimum atomic E-state index is -0.649. The van der Waals surface area contributed by atoms with Crippen molar-refractivity contribution < 1.29 is 9.90 Å². The molecular weight excluding hydrogens is 534 g/mol. The van der Waals surface area contributed by atoms with E-state index in [9.17, 15) is 9.90 Å². The monoisotopic (exact) mass is 581 g/mol. The SMILES string of the molecule is CC[C@@H](Nc1nc2c(c(N[C@@H](CN3CCCC3)c3ccccc3)n1)C[C@H](c1ccccc1)CC2)C1CCC(C(=O)O)CC1. The second kappa shape index (κ2) is 13.9. The van der Waals surface area contributed by atoms with Crippen molar-refractivity contribution in [3.8, 4) is 0 Å². The quantitative estimate of drug-likeness (QED) is 0.223.